The van der Waals surface area contributed by atoms with Gasteiger partial charge < -0.3 is 9.47 Å². The Hall–Kier alpha value is -7.94. The summed E-state index contributed by atoms with van der Waals surface area (Å²) in [5, 5.41) is 4.94. The number of nitrogens with zero attached hydrogens (tertiary/aromatic N) is 2. The Kier molecular flexibility index (Phi) is 8.87. The first-order valence-corrected chi connectivity index (χ1v) is 20.6. The average molecular weight is 765 g/mol. The van der Waals surface area contributed by atoms with Crippen molar-refractivity contribution >= 4 is 49.6 Å². The van der Waals surface area contributed by atoms with Crippen LogP contribution in [0.4, 0.5) is 17.1 Å². The number of fused-ring (bicyclic) bond motifs is 4. The van der Waals surface area contributed by atoms with Crippen LogP contribution in [0.2, 0.25) is 0 Å². The Balaban J connectivity index is 1.10. The predicted octanol–water partition coefficient (Wildman–Crippen LogP) is 16.1. The van der Waals surface area contributed by atoms with Gasteiger partial charge in [-0.05, 0) is 98.2 Å². The van der Waals surface area contributed by atoms with E-state index in [4.69, 9.17) is 0 Å². The minimum atomic E-state index is 1.08. The van der Waals surface area contributed by atoms with Crippen molar-refractivity contribution in [2.45, 2.75) is 0 Å². The first-order chi connectivity index (χ1) is 29.8. The molecule has 0 radical (unpaired) electrons. The molecule has 2 nitrogen and oxygen atoms in total. The van der Waals surface area contributed by atoms with Gasteiger partial charge >= 0.3 is 0 Å². The van der Waals surface area contributed by atoms with Gasteiger partial charge in [0.15, 0.2) is 0 Å². The Morgan fingerprint density at radius 3 is 1.58 bits per heavy atom. The van der Waals surface area contributed by atoms with E-state index in [9.17, 15) is 0 Å². The fourth-order valence-electron chi connectivity index (χ4n) is 9.02. The van der Waals surface area contributed by atoms with Gasteiger partial charge in [-0.1, -0.05) is 194 Å². The zero-order valence-electron chi connectivity index (χ0n) is 33.0. The average Bonchev–Trinajstić information content (AvgIpc) is 3.66. The number of rotatable bonds is 8. The lowest BCUT2D eigenvalue weighted by atomic mass is 9.94. The van der Waals surface area contributed by atoms with Crippen LogP contribution in [0.1, 0.15) is 0 Å². The minimum absolute atomic E-state index is 1.08. The molecule has 0 spiro atoms. The summed E-state index contributed by atoms with van der Waals surface area (Å²) in [5.41, 5.74) is 16.3. The molecule has 11 aromatic rings. The molecule has 0 atom stereocenters. The van der Waals surface area contributed by atoms with Gasteiger partial charge in [-0.3, -0.25) is 0 Å². The van der Waals surface area contributed by atoms with Crippen molar-refractivity contribution in [2.75, 3.05) is 4.90 Å². The molecule has 1 heterocycles. The van der Waals surface area contributed by atoms with Crippen LogP contribution in [0.3, 0.4) is 0 Å². The third-order valence-corrected chi connectivity index (χ3v) is 11.8. The standard InChI is InChI=1S/C58H40N2/c1-3-17-41(18-4-1)50-26-9-10-27-52(50)45-23-15-24-47(39-45)60-57-32-14-12-29-54(57)55-38-37-48(40-58(55)60)59(56-31-13-11-28-53(56)43-19-5-2-6-20-43)46-35-33-44(34-36-46)51-30-16-22-42-21-7-8-25-49(42)51/h1-40H. The van der Waals surface area contributed by atoms with Crippen LogP contribution in [0, 0.1) is 0 Å². The Bertz CT molecular complexity index is 3300. The first-order valence-electron chi connectivity index (χ1n) is 20.6. The highest BCUT2D eigenvalue weighted by Crippen LogP contribution is 2.44. The van der Waals surface area contributed by atoms with Gasteiger partial charge in [-0.25, -0.2) is 0 Å². The zero-order chi connectivity index (χ0) is 39.8. The molecule has 0 amide bonds. The van der Waals surface area contributed by atoms with Crippen LogP contribution < -0.4 is 4.90 Å². The van der Waals surface area contributed by atoms with E-state index in [1.165, 1.54) is 71.6 Å². The summed E-state index contributed by atoms with van der Waals surface area (Å²) >= 11 is 0. The van der Waals surface area contributed by atoms with Crippen LogP contribution in [-0.4, -0.2) is 4.57 Å². The largest absolute Gasteiger partial charge is 0.310 e. The van der Waals surface area contributed by atoms with E-state index in [2.05, 4.69) is 252 Å². The molecule has 0 aliphatic heterocycles. The number of benzene rings is 10. The smallest absolute Gasteiger partial charge is 0.0561 e. The molecule has 0 unspecified atom stereocenters. The van der Waals surface area contributed by atoms with E-state index >= 15 is 0 Å². The van der Waals surface area contributed by atoms with E-state index in [0.29, 0.717) is 0 Å². The zero-order valence-corrected chi connectivity index (χ0v) is 33.0. The van der Waals surface area contributed by atoms with Crippen LogP contribution in [0.5, 0.6) is 0 Å². The number of para-hydroxylation sites is 2. The van der Waals surface area contributed by atoms with Crippen molar-refractivity contribution in [2.24, 2.45) is 0 Å². The third-order valence-electron chi connectivity index (χ3n) is 11.8. The second kappa shape index (κ2) is 15.1. The maximum Gasteiger partial charge on any atom is 0.0561 e. The fraction of sp³-hybridized carbons (Fsp3) is 0. The molecule has 0 saturated carbocycles. The van der Waals surface area contributed by atoms with Gasteiger partial charge in [0.2, 0.25) is 0 Å². The highest BCUT2D eigenvalue weighted by Gasteiger charge is 2.21. The van der Waals surface area contributed by atoms with E-state index in [-0.39, 0.29) is 0 Å². The van der Waals surface area contributed by atoms with Crippen molar-refractivity contribution in [3.05, 3.63) is 243 Å². The predicted molar refractivity (Wildman–Crippen MR) is 255 cm³/mol. The second-order valence-corrected chi connectivity index (χ2v) is 15.3. The molecule has 0 saturated heterocycles. The number of hydrogen-bond donors (Lipinski definition) is 0. The lowest BCUT2D eigenvalue weighted by Crippen LogP contribution is -2.11. The molecular formula is C58H40N2. The van der Waals surface area contributed by atoms with E-state index in [1.54, 1.807) is 0 Å². The summed E-state index contributed by atoms with van der Waals surface area (Å²) in [4.78, 5) is 2.42. The number of anilines is 3. The van der Waals surface area contributed by atoms with Crippen LogP contribution in [-0.2, 0) is 0 Å². The lowest BCUT2D eigenvalue weighted by Gasteiger charge is -2.28. The monoisotopic (exact) mass is 764 g/mol. The van der Waals surface area contributed by atoms with Crippen molar-refractivity contribution < 1.29 is 0 Å². The van der Waals surface area contributed by atoms with Gasteiger partial charge in [0.1, 0.15) is 0 Å². The van der Waals surface area contributed by atoms with Crippen molar-refractivity contribution in [3.63, 3.8) is 0 Å². The van der Waals surface area contributed by atoms with Crippen molar-refractivity contribution in [1.82, 2.24) is 4.57 Å². The fourth-order valence-corrected chi connectivity index (χ4v) is 9.02. The SMILES string of the molecule is c1ccc(-c2ccccc2-c2cccc(-n3c4ccccc4c4ccc(N(c5ccc(-c6cccc7ccccc67)cc5)c5ccccc5-c5ccccc5)cc43)c2)cc1. The summed E-state index contributed by atoms with van der Waals surface area (Å²) in [5.74, 6) is 0. The van der Waals surface area contributed by atoms with E-state index in [1.807, 2.05) is 0 Å². The van der Waals surface area contributed by atoms with Crippen LogP contribution in [0.25, 0.3) is 82.8 Å². The molecule has 60 heavy (non-hydrogen) atoms. The van der Waals surface area contributed by atoms with E-state index in [0.717, 1.165) is 28.3 Å². The van der Waals surface area contributed by atoms with Gasteiger partial charge in [-0.15, -0.1) is 0 Å². The molecule has 0 aliphatic rings. The maximum atomic E-state index is 2.44. The van der Waals surface area contributed by atoms with E-state index < -0.39 is 0 Å². The normalized spacial score (nSPS) is 11.3. The highest BCUT2D eigenvalue weighted by molar-refractivity contribution is 6.10. The van der Waals surface area contributed by atoms with Crippen LogP contribution >= 0.6 is 0 Å². The summed E-state index contributed by atoms with van der Waals surface area (Å²) in [6.45, 7) is 0. The molecule has 282 valence electrons. The number of aromatic nitrogens is 1. The summed E-state index contributed by atoms with van der Waals surface area (Å²) in [6.07, 6.45) is 0. The Morgan fingerprint density at radius 2 is 0.800 bits per heavy atom. The molecule has 0 fully saturated rings. The highest BCUT2D eigenvalue weighted by atomic mass is 15.1. The second-order valence-electron chi connectivity index (χ2n) is 15.3. The molecule has 0 aliphatic carbocycles. The van der Waals surface area contributed by atoms with Crippen LogP contribution in [0.15, 0.2) is 243 Å². The molecule has 0 N–H and O–H groups in total. The van der Waals surface area contributed by atoms with Crippen molar-refractivity contribution in [1.29, 1.82) is 0 Å². The summed E-state index contributed by atoms with van der Waals surface area (Å²) in [7, 11) is 0. The summed E-state index contributed by atoms with van der Waals surface area (Å²) < 4.78 is 2.44. The number of hydrogen-bond acceptors (Lipinski definition) is 1. The molecule has 10 aromatic carbocycles. The molecule has 2 heteroatoms. The first kappa shape index (κ1) is 35.2. The maximum absolute atomic E-state index is 2.44. The minimum Gasteiger partial charge on any atom is -0.310 e. The Morgan fingerprint density at radius 1 is 0.283 bits per heavy atom. The molecule has 11 rings (SSSR count). The molecule has 0 bridgehead atoms. The topological polar surface area (TPSA) is 8.17 Å². The van der Waals surface area contributed by atoms with Gasteiger partial charge in [-0.2, -0.15) is 0 Å². The Labute approximate surface area is 350 Å². The van der Waals surface area contributed by atoms with Gasteiger partial charge in [0.05, 0.1) is 16.7 Å². The quantitative estimate of drug-likeness (QED) is 0.150. The molecule has 1 aromatic heterocycles. The van der Waals surface area contributed by atoms with Gasteiger partial charge in [0, 0.05) is 33.4 Å². The van der Waals surface area contributed by atoms with Crippen molar-refractivity contribution in [3.8, 4) is 50.2 Å². The lowest BCUT2D eigenvalue weighted by molar-refractivity contribution is 1.18. The molecular weight excluding hydrogens is 725 g/mol. The summed E-state index contributed by atoms with van der Waals surface area (Å²) in [6, 6.07) is 87.9. The van der Waals surface area contributed by atoms with Gasteiger partial charge in [0.25, 0.3) is 0 Å². The third kappa shape index (κ3) is 6.23.